The lowest BCUT2D eigenvalue weighted by Gasteiger charge is -2.12. The van der Waals surface area contributed by atoms with Gasteiger partial charge in [-0.2, -0.15) is 0 Å². The van der Waals surface area contributed by atoms with Crippen molar-refractivity contribution in [3.8, 4) is 0 Å². The Balaban J connectivity index is 1.86. The minimum absolute atomic E-state index is 0.828. The van der Waals surface area contributed by atoms with Crippen molar-refractivity contribution in [1.29, 1.82) is 0 Å². The molecule has 2 heteroatoms. The second-order valence-corrected chi connectivity index (χ2v) is 5.46. The lowest BCUT2D eigenvalue weighted by Crippen LogP contribution is -2.17. The van der Waals surface area contributed by atoms with Gasteiger partial charge in [0.15, 0.2) is 0 Å². The van der Waals surface area contributed by atoms with Crippen molar-refractivity contribution < 1.29 is 0 Å². The summed E-state index contributed by atoms with van der Waals surface area (Å²) in [6.45, 7) is 8.45. The molecule has 0 fully saturated rings. The predicted molar refractivity (Wildman–Crippen MR) is 86.9 cm³/mol. The first-order valence-electron chi connectivity index (χ1n) is 7.18. The molecule has 2 aromatic rings. The topological polar surface area (TPSA) is 38.0 Å². The number of nitrogen functional groups attached to an aromatic ring is 1. The van der Waals surface area contributed by atoms with Crippen LogP contribution in [0.5, 0.6) is 0 Å². The van der Waals surface area contributed by atoms with Crippen LogP contribution in [0.3, 0.4) is 0 Å². The summed E-state index contributed by atoms with van der Waals surface area (Å²) in [6, 6.07) is 12.5. The fourth-order valence-electron chi connectivity index (χ4n) is 2.44. The van der Waals surface area contributed by atoms with Crippen molar-refractivity contribution >= 4 is 5.69 Å². The lowest BCUT2D eigenvalue weighted by molar-refractivity contribution is 0.685. The molecule has 0 radical (unpaired) electrons. The Kier molecular flexibility index (Phi) is 4.80. The van der Waals surface area contributed by atoms with Gasteiger partial charge < -0.3 is 11.1 Å². The molecule has 106 valence electrons. The summed E-state index contributed by atoms with van der Waals surface area (Å²) in [5.41, 5.74) is 13.5. The second-order valence-electron chi connectivity index (χ2n) is 5.46. The van der Waals surface area contributed by atoms with E-state index in [1.54, 1.807) is 0 Å². The molecule has 0 aliphatic rings. The number of aryl methyl sites for hydroxylation is 1. The summed E-state index contributed by atoms with van der Waals surface area (Å²) in [4.78, 5) is 0. The molecule has 0 unspecified atom stereocenters. The highest BCUT2D eigenvalue weighted by Crippen LogP contribution is 2.17. The summed E-state index contributed by atoms with van der Waals surface area (Å²) in [5.74, 6) is 0. The van der Waals surface area contributed by atoms with Gasteiger partial charge >= 0.3 is 0 Å². The van der Waals surface area contributed by atoms with E-state index < -0.39 is 0 Å². The molecule has 3 N–H and O–H groups in total. The van der Waals surface area contributed by atoms with Gasteiger partial charge in [-0.1, -0.05) is 24.3 Å². The molecule has 2 rings (SSSR count). The molecule has 0 amide bonds. The summed E-state index contributed by atoms with van der Waals surface area (Å²) in [7, 11) is 0. The third-order valence-electron chi connectivity index (χ3n) is 4.02. The van der Waals surface area contributed by atoms with Gasteiger partial charge in [-0.05, 0) is 73.7 Å². The van der Waals surface area contributed by atoms with Gasteiger partial charge in [-0.15, -0.1) is 0 Å². The van der Waals surface area contributed by atoms with Gasteiger partial charge in [0.25, 0.3) is 0 Å². The molecule has 2 aromatic carbocycles. The van der Waals surface area contributed by atoms with Gasteiger partial charge in [-0.25, -0.2) is 0 Å². The highest BCUT2D eigenvalue weighted by molar-refractivity contribution is 5.40. The average molecular weight is 268 g/mol. The van der Waals surface area contributed by atoms with E-state index >= 15 is 0 Å². The summed E-state index contributed by atoms with van der Waals surface area (Å²) in [6.07, 6.45) is 1.06. The molecule has 20 heavy (non-hydrogen) atoms. The zero-order valence-corrected chi connectivity index (χ0v) is 12.7. The number of benzene rings is 2. The molecule has 0 aromatic heterocycles. The predicted octanol–water partition coefficient (Wildman–Crippen LogP) is 3.53. The fraction of sp³-hybridized carbons (Fsp3) is 0.333. The Hall–Kier alpha value is -1.80. The van der Waals surface area contributed by atoms with Crippen LogP contribution in [-0.2, 0) is 13.0 Å². The quantitative estimate of drug-likeness (QED) is 0.643. The monoisotopic (exact) mass is 268 g/mol. The van der Waals surface area contributed by atoms with Crippen LogP contribution in [-0.4, -0.2) is 6.54 Å². The molecule has 0 aliphatic carbocycles. The first-order chi connectivity index (χ1) is 9.58. The zero-order chi connectivity index (χ0) is 14.5. The Morgan fingerprint density at radius 2 is 1.80 bits per heavy atom. The number of hydrogen-bond donors (Lipinski definition) is 2. The first kappa shape index (κ1) is 14.6. The van der Waals surface area contributed by atoms with Crippen molar-refractivity contribution in [3.05, 3.63) is 64.2 Å². The minimum atomic E-state index is 0.828. The van der Waals surface area contributed by atoms with E-state index in [0.717, 1.165) is 25.2 Å². The SMILES string of the molecule is Cc1ccc(CCNCc2cccc(N)c2)c(C)c1C. The highest BCUT2D eigenvalue weighted by Gasteiger charge is 2.03. The number of nitrogens with one attached hydrogen (secondary N) is 1. The van der Waals surface area contributed by atoms with E-state index in [0.29, 0.717) is 0 Å². The van der Waals surface area contributed by atoms with Crippen molar-refractivity contribution in [2.45, 2.75) is 33.7 Å². The number of anilines is 1. The zero-order valence-electron chi connectivity index (χ0n) is 12.7. The van der Waals surface area contributed by atoms with Gasteiger partial charge in [0, 0.05) is 12.2 Å². The van der Waals surface area contributed by atoms with E-state index in [9.17, 15) is 0 Å². The van der Waals surface area contributed by atoms with Crippen molar-refractivity contribution in [3.63, 3.8) is 0 Å². The lowest BCUT2D eigenvalue weighted by atomic mass is 9.97. The van der Waals surface area contributed by atoms with E-state index in [1.807, 2.05) is 18.2 Å². The largest absolute Gasteiger partial charge is 0.399 e. The summed E-state index contributed by atoms with van der Waals surface area (Å²) < 4.78 is 0. The standard InChI is InChI=1S/C18H24N2/c1-13-7-8-17(15(3)14(13)2)9-10-20-12-16-5-4-6-18(19)11-16/h4-8,11,20H,9-10,12,19H2,1-3H3. The minimum Gasteiger partial charge on any atom is -0.399 e. The summed E-state index contributed by atoms with van der Waals surface area (Å²) in [5, 5.41) is 3.48. The molecule has 0 saturated carbocycles. The molecular weight excluding hydrogens is 244 g/mol. The van der Waals surface area contributed by atoms with Gasteiger partial charge in [0.05, 0.1) is 0 Å². The molecule has 0 atom stereocenters. The van der Waals surface area contributed by atoms with Gasteiger partial charge in [0.1, 0.15) is 0 Å². The fourth-order valence-corrected chi connectivity index (χ4v) is 2.44. The highest BCUT2D eigenvalue weighted by atomic mass is 14.8. The molecule has 0 bridgehead atoms. The third kappa shape index (κ3) is 3.61. The molecular formula is C18H24N2. The number of nitrogens with two attached hydrogens (primary N) is 1. The van der Waals surface area contributed by atoms with Crippen LogP contribution >= 0.6 is 0 Å². The van der Waals surface area contributed by atoms with E-state index in [1.165, 1.54) is 27.8 Å². The van der Waals surface area contributed by atoms with E-state index in [2.05, 4.69) is 44.3 Å². The van der Waals surface area contributed by atoms with Crippen molar-refractivity contribution in [1.82, 2.24) is 5.32 Å². The second kappa shape index (κ2) is 6.58. The normalized spacial score (nSPS) is 10.8. The molecule has 0 saturated heterocycles. The van der Waals surface area contributed by atoms with Crippen LogP contribution in [0.4, 0.5) is 5.69 Å². The Labute approximate surface area is 122 Å². The van der Waals surface area contributed by atoms with Gasteiger partial charge in [-0.3, -0.25) is 0 Å². The van der Waals surface area contributed by atoms with Crippen LogP contribution in [0.2, 0.25) is 0 Å². The average Bonchev–Trinajstić information content (AvgIpc) is 2.43. The molecule has 0 heterocycles. The van der Waals surface area contributed by atoms with Crippen molar-refractivity contribution in [2.24, 2.45) is 0 Å². The number of hydrogen-bond acceptors (Lipinski definition) is 2. The smallest absolute Gasteiger partial charge is 0.0317 e. The Morgan fingerprint density at radius 3 is 2.55 bits per heavy atom. The van der Waals surface area contributed by atoms with Crippen LogP contribution in [0.1, 0.15) is 27.8 Å². The van der Waals surface area contributed by atoms with Crippen LogP contribution in [0.25, 0.3) is 0 Å². The molecule has 0 spiro atoms. The maximum Gasteiger partial charge on any atom is 0.0317 e. The third-order valence-corrected chi connectivity index (χ3v) is 4.02. The maximum absolute atomic E-state index is 5.78. The van der Waals surface area contributed by atoms with Gasteiger partial charge in [0.2, 0.25) is 0 Å². The molecule has 2 nitrogen and oxygen atoms in total. The first-order valence-corrected chi connectivity index (χ1v) is 7.18. The van der Waals surface area contributed by atoms with Crippen molar-refractivity contribution in [2.75, 3.05) is 12.3 Å². The maximum atomic E-state index is 5.78. The van der Waals surface area contributed by atoms with E-state index in [4.69, 9.17) is 5.73 Å². The Morgan fingerprint density at radius 1 is 1.00 bits per heavy atom. The summed E-state index contributed by atoms with van der Waals surface area (Å²) >= 11 is 0. The number of rotatable bonds is 5. The van der Waals surface area contributed by atoms with Crippen LogP contribution in [0, 0.1) is 20.8 Å². The van der Waals surface area contributed by atoms with Crippen LogP contribution in [0.15, 0.2) is 36.4 Å². The van der Waals surface area contributed by atoms with E-state index in [-0.39, 0.29) is 0 Å². The van der Waals surface area contributed by atoms with Crippen LogP contribution < -0.4 is 11.1 Å². The molecule has 0 aliphatic heterocycles. The Bertz CT molecular complexity index is 588.